The first-order chi connectivity index (χ1) is 14.4. The highest BCUT2D eigenvalue weighted by Gasteiger charge is 2.06. The molecule has 0 fully saturated rings. The summed E-state index contributed by atoms with van der Waals surface area (Å²) >= 11 is 6.22. The molecule has 5 nitrogen and oxygen atoms in total. The number of nitrogens with zero attached hydrogens (tertiary/aromatic N) is 1. The number of aromatic hydroxyl groups is 1. The van der Waals surface area contributed by atoms with E-state index in [2.05, 4.69) is 10.5 Å². The summed E-state index contributed by atoms with van der Waals surface area (Å²) in [5, 5.41) is 14.7. The number of amides is 1. The van der Waals surface area contributed by atoms with Crippen molar-refractivity contribution in [3.63, 3.8) is 0 Å². The van der Waals surface area contributed by atoms with Gasteiger partial charge < -0.3 is 9.84 Å². The van der Waals surface area contributed by atoms with Gasteiger partial charge in [-0.2, -0.15) is 5.10 Å². The van der Waals surface area contributed by atoms with E-state index in [1.54, 1.807) is 12.1 Å². The molecule has 0 saturated heterocycles. The molecule has 0 aliphatic rings. The van der Waals surface area contributed by atoms with E-state index in [9.17, 15) is 9.90 Å². The van der Waals surface area contributed by atoms with Gasteiger partial charge in [0.1, 0.15) is 11.5 Å². The average molecular weight is 423 g/mol. The Morgan fingerprint density at radius 3 is 2.57 bits per heavy atom. The summed E-state index contributed by atoms with van der Waals surface area (Å²) in [7, 11) is 0. The number of nitrogens with one attached hydrogen (secondary N) is 1. The van der Waals surface area contributed by atoms with Gasteiger partial charge in [-0.1, -0.05) is 41.9 Å². The second kappa shape index (κ2) is 9.94. The second-order valence-corrected chi connectivity index (χ2v) is 7.47. The third-order valence-electron chi connectivity index (χ3n) is 4.40. The smallest absolute Gasteiger partial charge is 0.277 e. The molecule has 0 saturated carbocycles. The number of rotatable bonds is 7. The van der Waals surface area contributed by atoms with Gasteiger partial charge in [0.15, 0.2) is 6.61 Å². The minimum absolute atomic E-state index is 0.0717. The summed E-state index contributed by atoms with van der Waals surface area (Å²) in [6.07, 6.45) is 2.02. The van der Waals surface area contributed by atoms with E-state index in [4.69, 9.17) is 16.3 Å². The second-order valence-electron chi connectivity index (χ2n) is 7.07. The van der Waals surface area contributed by atoms with Crippen LogP contribution < -0.4 is 10.2 Å². The van der Waals surface area contributed by atoms with Crippen LogP contribution in [0.2, 0.25) is 5.02 Å². The molecule has 0 unspecified atom stereocenters. The summed E-state index contributed by atoms with van der Waals surface area (Å²) in [5.74, 6) is 0.316. The summed E-state index contributed by atoms with van der Waals surface area (Å²) in [6.45, 7) is 3.78. The number of hydrogen-bond donors (Lipinski definition) is 2. The number of aryl methyl sites for hydroxylation is 2. The maximum atomic E-state index is 12.0. The molecule has 0 aliphatic carbocycles. The first-order valence-electron chi connectivity index (χ1n) is 9.49. The van der Waals surface area contributed by atoms with E-state index in [0.717, 1.165) is 22.3 Å². The van der Waals surface area contributed by atoms with Gasteiger partial charge in [-0.15, -0.1) is 0 Å². The van der Waals surface area contributed by atoms with Crippen LogP contribution in [-0.4, -0.2) is 23.8 Å². The molecule has 0 bridgehead atoms. The molecule has 154 valence electrons. The minimum atomic E-state index is -0.392. The van der Waals surface area contributed by atoms with Crippen LogP contribution in [0.15, 0.2) is 65.8 Å². The van der Waals surface area contributed by atoms with Gasteiger partial charge in [-0.25, -0.2) is 5.43 Å². The highest BCUT2D eigenvalue weighted by Crippen LogP contribution is 2.22. The molecule has 0 radical (unpaired) electrons. The van der Waals surface area contributed by atoms with Gasteiger partial charge in [-0.05, 0) is 72.9 Å². The Bertz CT molecular complexity index is 1060. The zero-order valence-corrected chi connectivity index (χ0v) is 17.6. The van der Waals surface area contributed by atoms with Crippen LogP contribution >= 0.6 is 11.6 Å². The van der Waals surface area contributed by atoms with Crippen LogP contribution in [0.3, 0.4) is 0 Å². The minimum Gasteiger partial charge on any atom is -0.507 e. The number of ether oxygens (including phenoxy) is 1. The standard InChI is InChI=1S/C24H23ClN2O3/c1-16-9-17(2)11-21(10-16)30-15-24(29)27-26-14-20-13-18(7-8-23(20)28)12-19-5-3-4-6-22(19)25/h3-11,13-14,28H,12,15H2,1-2H3,(H,27,29). The molecule has 3 aromatic rings. The van der Waals surface area contributed by atoms with E-state index in [1.807, 2.05) is 62.4 Å². The van der Waals surface area contributed by atoms with Crippen LogP contribution in [-0.2, 0) is 11.2 Å². The predicted molar refractivity (Wildman–Crippen MR) is 120 cm³/mol. The molecular weight excluding hydrogens is 400 g/mol. The van der Waals surface area contributed by atoms with Gasteiger partial charge in [0, 0.05) is 10.6 Å². The number of hydrazone groups is 1. The normalized spacial score (nSPS) is 10.9. The molecule has 6 heteroatoms. The zero-order chi connectivity index (χ0) is 21.5. The summed E-state index contributed by atoms with van der Waals surface area (Å²) in [5.41, 5.74) is 6.99. The Hall–Kier alpha value is -3.31. The lowest BCUT2D eigenvalue weighted by atomic mass is 10.0. The molecule has 0 aromatic heterocycles. The Balaban J connectivity index is 1.58. The van der Waals surface area contributed by atoms with Crippen molar-refractivity contribution in [2.24, 2.45) is 5.10 Å². The number of carbonyl (C=O) groups excluding carboxylic acids is 1. The Morgan fingerprint density at radius 1 is 1.10 bits per heavy atom. The summed E-state index contributed by atoms with van der Waals surface area (Å²) < 4.78 is 5.50. The van der Waals surface area contributed by atoms with Crippen LogP contribution in [0.1, 0.15) is 27.8 Å². The molecule has 30 heavy (non-hydrogen) atoms. The quantitative estimate of drug-likeness (QED) is 0.425. The molecule has 0 aliphatic heterocycles. The predicted octanol–water partition coefficient (Wildman–Crippen LogP) is 4.78. The number of hydrogen-bond acceptors (Lipinski definition) is 4. The highest BCUT2D eigenvalue weighted by molar-refractivity contribution is 6.31. The van der Waals surface area contributed by atoms with Crippen LogP contribution in [0.25, 0.3) is 0 Å². The number of benzene rings is 3. The van der Waals surface area contributed by atoms with Gasteiger partial charge >= 0.3 is 0 Å². The van der Waals surface area contributed by atoms with E-state index >= 15 is 0 Å². The fraction of sp³-hybridized carbons (Fsp3) is 0.167. The summed E-state index contributed by atoms with van der Waals surface area (Å²) in [4.78, 5) is 12.0. The third-order valence-corrected chi connectivity index (χ3v) is 4.77. The maximum absolute atomic E-state index is 12.0. The van der Waals surface area contributed by atoms with Crippen molar-refractivity contribution in [1.82, 2.24) is 5.43 Å². The molecule has 0 atom stereocenters. The fourth-order valence-corrected chi connectivity index (χ4v) is 3.25. The molecule has 3 rings (SSSR count). The monoisotopic (exact) mass is 422 g/mol. The van der Waals surface area contributed by atoms with E-state index in [0.29, 0.717) is 22.8 Å². The number of phenols is 1. The van der Waals surface area contributed by atoms with Crippen molar-refractivity contribution < 1.29 is 14.6 Å². The lowest BCUT2D eigenvalue weighted by Gasteiger charge is -2.08. The van der Waals surface area contributed by atoms with Crippen molar-refractivity contribution in [2.75, 3.05) is 6.61 Å². The topological polar surface area (TPSA) is 70.9 Å². The van der Waals surface area contributed by atoms with Crippen LogP contribution in [0.5, 0.6) is 11.5 Å². The van der Waals surface area contributed by atoms with Gasteiger partial charge in [0.25, 0.3) is 5.91 Å². The molecule has 3 aromatic carbocycles. The van der Waals surface area contributed by atoms with Crippen molar-refractivity contribution in [3.8, 4) is 11.5 Å². The van der Waals surface area contributed by atoms with Crippen molar-refractivity contribution in [1.29, 1.82) is 0 Å². The molecule has 0 spiro atoms. The number of phenolic OH excluding ortho intramolecular Hbond substituents is 1. The summed E-state index contributed by atoms with van der Waals surface area (Å²) in [6, 6.07) is 18.6. The largest absolute Gasteiger partial charge is 0.507 e. The molecular formula is C24H23ClN2O3. The van der Waals surface area contributed by atoms with E-state index in [1.165, 1.54) is 6.21 Å². The first-order valence-corrected chi connectivity index (χ1v) is 9.87. The molecule has 0 heterocycles. The van der Waals surface area contributed by atoms with Crippen LogP contribution in [0, 0.1) is 13.8 Å². The molecule has 1 amide bonds. The number of carbonyl (C=O) groups is 1. The Morgan fingerprint density at radius 2 is 1.83 bits per heavy atom. The Kier molecular flexibility index (Phi) is 7.09. The van der Waals surface area contributed by atoms with Gasteiger partial charge in [-0.3, -0.25) is 4.79 Å². The fourth-order valence-electron chi connectivity index (χ4n) is 3.05. The van der Waals surface area contributed by atoms with Gasteiger partial charge in [0.05, 0.1) is 6.21 Å². The molecule has 2 N–H and O–H groups in total. The van der Waals surface area contributed by atoms with E-state index < -0.39 is 5.91 Å². The highest BCUT2D eigenvalue weighted by atomic mass is 35.5. The van der Waals surface area contributed by atoms with E-state index in [-0.39, 0.29) is 12.4 Å². The average Bonchev–Trinajstić information content (AvgIpc) is 2.70. The van der Waals surface area contributed by atoms with Crippen molar-refractivity contribution in [3.05, 3.63) is 93.5 Å². The van der Waals surface area contributed by atoms with Crippen molar-refractivity contribution >= 4 is 23.7 Å². The van der Waals surface area contributed by atoms with Crippen LogP contribution in [0.4, 0.5) is 0 Å². The lowest BCUT2D eigenvalue weighted by Crippen LogP contribution is -2.24. The Labute approximate surface area is 181 Å². The SMILES string of the molecule is Cc1cc(C)cc(OCC(=O)NN=Cc2cc(Cc3ccccc3Cl)ccc2O)c1. The maximum Gasteiger partial charge on any atom is 0.277 e. The van der Waals surface area contributed by atoms with Crippen molar-refractivity contribution in [2.45, 2.75) is 20.3 Å². The number of halogens is 1. The zero-order valence-electron chi connectivity index (χ0n) is 16.9. The first kappa shape index (κ1) is 21.4. The lowest BCUT2D eigenvalue weighted by molar-refractivity contribution is -0.123. The van der Waals surface area contributed by atoms with Gasteiger partial charge in [0.2, 0.25) is 0 Å². The third kappa shape index (κ3) is 6.09.